The van der Waals surface area contributed by atoms with Crippen LogP contribution in [0.25, 0.3) is 10.9 Å². The second-order valence-corrected chi connectivity index (χ2v) is 6.16. The van der Waals surface area contributed by atoms with Gasteiger partial charge in [0, 0.05) is 24.5 Å². The number of piperidine rings is 1. The lowest BCUT2D eigenvalue weighted by Crippen LogP contribution is -2.37. The summed E-state index contributed by atoms with van der Waals surface area (Å²) in [6.45, 7) is 1.38. The molecule has 0 N–H and O–H groups in total. The molecule has 1 aliphatic heterocycles. The van der Waals surface area contributed by atoms with Gasteiger partial charge in [-0.25, -0.2) is 4.98 Å². The molecule has 1 aromatic heterocycles. The van der Waals surface area contributed by atoms with Crippen molar-refractivity contribution in [1.82, 2.24) is 9.97 Å². The number of carbonyl (C=O) groups excluding carboxylic acids is 1. The first-order valence-corrected chi connectivity index (χ1v) is 8.37. The second kappa shape index (κ2) is 7.31. The zero-order chi connectivity index (χ0) is 18.0. The molecule has 1 aliphatic rings. The number of esters is 1. The summed E-state index contributed by atoms with van der Waals surface area (Å²) in [5, 5.41) is 1.00. The van der Waals surface area contributed by atoms with Gasteiger partial charge in [0.25, 0.3) is 0 Å². The molecule has 134 valence electrons. The Morgan fingerprint density at radius 1 is 1.12 bits per heavy atom. The van der Waals surface area contributed by atoms with Crippen LogP contribution in [0.1, 0.15) is 12.8 Å². The van der Waals surface area contributed by atoms with Crippen molar-refractivity contribution in [3.8, 4) is 11.5 Å². The summed E-state index contributed by atoms with van der Waals surface area (Å²) in [6.07, 6.45) is 1.42. The Balaban J connectivity index is 1.97. The van der Waals surface area contributed by atoms with E-state index in [9.17, 15) is 4.79 Å². The van der Waals surface area contributed by atoms with Crippen LogP contribution in [0.3, 0.4) is 0 Å². The van der Waals surface area contributed by atoms with Crippen molar-refractivity contribution in [2.75, 3.05) is 39.3 Å². The minimum absolute atomic E-state index is 0.0700. The maximum absolute atomic E-state index is 11.7. The molecule has 0 atom stereocenters. The number of rotatable bonds is 4. The number of anilines is 1. The predicted molar refractivity (Wildman–Crippen MR) is 94.6 cm³/mol. The maximum Gasteiger partial charge on any atom is 0.308 e. The van der Waals surface area contributed by atoms with Gasteiger partial charge in [0.05, 0.1) is 32.8 Å². The molecule has 1 aromatic carbocycles. The van der Waals surface area contributed by atoms with Crippen LogP contribution in [0.15, 0.2) is 12.1 Å². The highest BCUT2D eigenvalue weighted by Crippen LogP contribution is 2.36. The van der Waals surface area contributed by atoms with Gasteiger partial charge in [-0.3, -0.25) is 4.79 Å². The molecule has 0 radical (unpaired) electrons. The maximum atomic E-state index is 11.7. The van der Waals surface area contributed by atoms with E-state index < -0.39 is 0 Å². The lowest BCUT2D eigenvalue weighted by Gasteiger charge is -2.32. The van der Waals surface area contributed by atoms with E-state index in [-0.39, 0.29) is 17.2 Å². The average Bonchev–Trinajstić information content (AvgIpc) is 2.65. The van der Waals surface area contributed by atoms with Crippen LogP contribution in [0.2, 0.25) is 5.28 Å². The Morgan fingerprint density at radius 2 is 1.76 bits per heavy atom. The minimum Gasteiger partial charge on any atom is -0.493 e. The molecule has 7 nitrogen and oxygen atoms in total. The van der Waals surface area contributed by atoms with Crippen molar-refractivity contribution >= 4 is 34.3 Å². The lowest BCUT2D eigenvalue weighted by molar-refractivity contribution is -0.146. The van der Waals surface area contributed by atoms with Crippen LogP contribution in [0, 0.1) is 5.92 Å². The quantitative estimate of drug-likeness (QED) is 0.609. The number of halogens is 1. The number of benzene rings is 1. The molecule has 1 saturated heterocycles. The number of methoxy groups -OCH3 is 3. The van der Waals surface area contributed by atoms with Gasteiger partial charge in [0.2, 0.25) is 5.28 Å². The normalized spacial score (nSPS) is 15.3. The summed E-state index contributed by atoms with van der Waals surface area (Å²) < 4.78 is 15.6. The Morgan fingerprint density at radius 3 is 2.36 bits per heavy atom. The van der Waals surface area contributed by atoms with Gasteiger partial charge in [0.15, 0.2) is 11.5 Å². The van der Waals surface area contributed by atoms with E-state index in [0.29, 0.717) is 42.9 Å². The van der Waals surface area contributed by atoms with Gasteiger partial charge in [-0.05, 0) is 30.5 Å². The van der Waals surface area contributed by atoms with Crippen molar-refractivity contribution < 1.29 is 19.0 Å². The molecule has 2 aromatic rings. The van der Waals surface area contributed by atoms with Gasteiger partial charge < -0.3 is 19.1 Å². The summed E-state index contributed by atoms with van der Waals surface area (Å²) in [4.78, 5) is 22.5. The first kappa shape index (κ1) is 17.5. The van der Waals surface area contributed by atoms with Gasteiger partial charge >= 0.3 is 5.97 Å². The summed E-state index contributed by atoms with van der Waals surface area (Å²) in [7, 11) is 4.58. The van der Waals surface area contributed by atoms with E-state index in [4.69, 9.17) is 25.8 Å². The number of hydrogen-bond donors (Lipinski definition) is 0. The Hall–Kier alpha value is -2.28. The Kier molecular flexibility index (Phi) is 5.13. The van der Waals surface area contributed by atoms with E-state index >= 15 is 0 Å². The highest BCUT2D eigenvalue weighted by atomic mass is 35.5. The van der Waals surface area contributed by atoms with Crippen LogP contribution in [0.5, 0.6) is 11.5 Å². The van der Waals surface area contributed by atoms with E-state index in [2.05, 4.69) is 14.9 Å². The fourth-order valence-electron chi connectivity index (χ4n) is 3.15. The highest BCUT2D eigenvalue weighted by Gasteiger charge is 2.27. The molecule has 0 aliphatic carbocycles. The number of carbonyl (C=O) groups is 1. The molecule has 2 heterocycles. The van der Waals surface area contributed by atoms with Crippen molar-refractivity contribution in [1.29, 1.82) is 0 Å². The van der Waals surface area contributed by atoms with Crippen molar-refractivity contribution in [2.24, 2.45) is 5.92 Å². The van der Waals surface area contributed by atoms with E-state index in [0.717, 1.165) is 11.2 Å². The molecule has 0 unspecified atom stereocenters. The molecule has 0 bridgehead atoms. The molecule has 8 heteroatoms. The van der Waals surface area contributed by atoms with Crippen LogP contribution >= 0.6 is 11.6 Å². The number of hydrogen-bond acceptors (Lipinski definition) is 7. The largest absolute Gasteiger partial charge is 0.493 e. The molecule has 0 amide bonds. The summed E-state index contributed by atoms with van der Waals surface area (Å²) >= 11 is 6.12. The molecular formula is C17H20ClN3O4. The van der Waals surface area contributed by atoms with Crippen LogP contribution in [-0.2, 0) is 9.53 Å². The number of ether oxygens (including phenoxy) is 3. The number of fused-ring (bicyclic) bond motifs is 1. The van der Waals surface area contributed by atoms with Crippen molar-refractivity contribution in [3.63, 3.8) is 0 Å². The molecule has 1 fully saturated rings. The van der Waals surface area contributed by atoms with E-state index in [1.165, 1.54) is 7.11 Å². The standard InChI is InChI=1S/C17H20ClN3O4/c1-23-13-8-11-12(9-14(13)24-2)19-17(18)20-15(11)21-6-4-10(5-7-21)16(22)25-3/h8-10H,4-7H2,1-3H3. The van der Waals surface area contributed by atoms with Gasteiger partial charge in [-0.1, -0.05) is 0 Å². The van der Waals surface area contributed by atoms with Gasteiger partial charge in [-0.15, -0.1) is 0 Å². The third kappa shape index (κ3) is 3.42. The SMILES string of the molecule is COC(=O)C1CCN(c2nc(Cl)nc3cc(OC)c(OC)cc23)CC1. The van der Waals surface area contributed by atoms with Gasteiger partial charge in [-0.2, -0.15) is 4.98 Å². The third-order valence-corrected chi connectivity index (χ3v) is 4.65. The van der Waals surface area contributed by atoms with Crippen LogP contribution in [-0.4, -0.2) is 50.4 Å². The fraction of sp³-hybridized carbons (Fsp3) is 0.471. The zero-order valence-electron chi connectivity index (χ0n) is 14.4. The first-order valence-electron chi connectivity index (χ1n) is 7.99. The summed E-state index contributed by atoms with van der Waals surface area (Å²) in [5.74, 6) is 1.70. The van der Waals surface area contributed by atoms with Crippen LogP contribution < -0.4 is 14.4 Å². The fourth-order valence-corrected chi connectivity index (χ4v) is 3.32. The van der Waals surface area contributed by atoms with Crippen molar-refractivity contribution in [2.45, 2.75) is 12.8 Å². The van der Waals surface area contributed by atoms with E-state index in [1.54, 1.807) is 20.3 Å². The third-order valence-electron chi connectivity index (χ3n) is 4.48. The molecule has 3 rings (SSSR count). The highest BCUT2D eigenvalue weighted by molar-refractivity contribution is 6.28. The lowest BCUT2D eigenvalue weighted by atomic mass is 9.97. The predicted octanol–water partition coefficient (Wildman–Crippen LogP) is 2.69. The zero-order valence-corrected chi connectivity index (χ0v) is 15.2. The van der Waals surface area contributed by atoms with Crippen molar-refractivity contribution in [3.05, 3.63) is 17.4 Å². The number of nitrogens with zero attached hydrogens (tertiary/aromatic N) is 3. The van der Waals surface area contributed by atoms with Gasteiger partial charge in [0.1, 0.15) is 5.82 Å². The van der Waals surface area contributed by atoms with Crippen LogP contribution in [0.4, 0.5) is 5.82 Å². The molecular weight excluding hydrogens is 346 g/mol. The van der Waals surface area contributed by atoms with E-state index in [1.807, 2.05) is 6.07 Å². The Bertz CT molecular complexity index is 791. The monoisotopic (exact) mass is 365 g/mol. The first-order chi connectivity index (χ1) is 12.1. The minimum atomic E-state index is -0.156. The number of aromatic nitrogens is 2. The smallest absolute Gasteiger partial charge is 0.308 e. The average molecular weight is 366 g/mol. The molecule has 0 saturated carbocycles. The summed E-state index contributed by atoms with van der Waals surface area (Å²) in [6, 6.07) is 3.64. The Labute approximate surface area is 150 Å². The topological polar surface area (TPSA) is 73.8 Å². The molecule has 25 heavy (non-hydrogen) atoms. The summed E-state index contributed by atoms with van der Waals surface area (Å²) in [5.41, 5.74) is 0.683. The molecule has 0 spiro atoms. The second-order valence-electron chi connectivity index (χ2n) is 5.83.